The zero-order valence-electron chi connectivity index (χ0n) is 31.6. The van der Waals surface area contributed by atoms with E-state index < -0.39 is 0 Å². The number of hydrogen-bond donors (Lipinski definition) is 0. The Labute approximate surface area is 338 Å². The maximum Gasteiger partial charge on any atom is 0.166 e. The van der Waals surface area contributed by atoms with Crippen LogP contribution in [0.5, 0.6) is 0 Å². The molecule has 0 saturated carbocycles. The second-order valence-corrected chi connectivity index (χ2v) is 15.5. The highest BCUT2D eigenvalue weighted by atomic mass is 32.1. The molecule has 4 heterocycles. The van der Waals surface area contributed by atoms with Crippen molar-refractivity contribution in [3.8, 4) is 62.4 Å². The first-order valence-electron chi connectivity index (χ1n) is 19.2. The SMILES string of the molecule is Cc1nc(C)nc(-c2ccc3c4ccccc4n(-c4ccc(-c5ccc6sc7ccccc7c6c5)cc4-c4nc(-c5ccccc5)nc(-c5ccccc5)n4)c3c2)n1. The fraction of sp³-hybridized carbons (Fsp3) is 0.0400. The van der Waals surface area contributed by atoms with E-state index in [2.05, 4.69) is 113 Å². The summed E-state index contributed by atoms with van der Waals surface area (Å²) in [6, 6.07) is 57.4. The van der Waals surface area contributed by atoms with Gasteiger partial charge in [0.05, 0.1) is 16.7 Å². The summed E-state index contributed by atoms with van der Waals surface area (Å²) in [6.07, 6.45) is 0. The van der Waals surface area contributed by atoms with Crippen LogP contribution in [0.15, 0.2) is 164 Å². The van der Waals surface area contributed by atoms with Gasteiger partial charge in [-0.05, 0) is 67.4 Å². The summed E-state index contributed by atoms with van der Waals surface area (Å²) >= 11 is 1.83. The Morgan fingerprint density at radius 1 is 0.362 bits per heavy atom. The lowest BCUT2D eigenvalue weighted by Gasteiger charge is -2.16. The van der Waals surface area contributed by atoms with Gasteiger partial charge in [0.15, 0.2) is 23.3 Å². The standard InChI is InChI=1S/C50H33N7S/c1-30-51-31(2)53-49(52-30)36-21-24-38-37-17-9-11-19-42(37)57(44(38)29-36)43-25-22-34(35-23-26-46-40(27-35)39-18-10-12-20-45(39)58-46)28-41(43)50-55-47(32-13-5-3-6-14-32)54-48(56-50)33-15-7-4-8-16-33/h3-29H,1-2H3. The Bertz CT molecular complexity index is 3290. The van der Waals surface area contributed by atoms with Crippen molar-refractivity contribution in [3.63, 3.8) is 0 Å². The van der Waals surface area contributed by atoms with Crippen molar-refractivity contribution in [2.45, 2.75) is 13.8 Å². The summed E-state index contributed by atoms with van der Waals surface area (Å²) in [5.41, 5.74) is 8.85. The Hall–Kier alpha value is -7.42. The molecule has 7 nitrogen and oxygen atoms in total. The van der Waals surface area contributed by atoms with E-state index in [4.69, 9.17) is 24.9 Å². The molecule has 7 aromatic carbocycles. The van der Waals surface area contributed by atoms with Gasteiger partial charge in [-0.3, -0.25) is 0 Å². The van der Waals surface area contributed by atoms with Gasteiger partial charge in [-0.1, -0.05) is 121 Å². The molecule has 0 N–H and O–H groups in total. The zero-order chi connectivity index (χ0) is 38.7. The van der Waals surface area contributed by atoms with Crippen LogP contribution >= 0.6 is 11.3 Å². The number of para-hydroxylation sites is 1. The molecule has 58 heavy (non-hydrogen) atoms. The third kappa shape index (κ3) is 5.81. The molecule has 0 atom stereocenters. The Kier molecular flexibility index (Phi) is 7.97. The van der Waals surface area contributed by atoms with Crippen molar-refractivity contribution in [2.24, 2.45) is 0 Å². The molecule has 0 bridgehead atoms. The van der Waals surface area contributed by atoms with Crippen LogP contribution in [0.4, 0.5) is 0 Å². The first kappa shape index (κ1) is 33.9. The lowest BCUT2D eigenvalue weighted by Crippen LogP contribution is -2.04. The van der Waals surface area contributed by atoms with Crippen LogP contribution in [0.1, 0.15) is 11.6 Å². The van der Waals surface area contributed by atoms with Gasteiger partial charge in [-0.15, -0.1) is 11.3 Å². The number of aromatic nitrogens is 7. The van der Waals surface area contributed by atoms with Crippen LogP contribution in [0, 0.1) is 13.8 Å². The third-order valence-corrected chi connectivity index (χ3v) is 11.8. The predicted molar refractivity (Wildman–Crippen MR) is 237 cm³/mol. The molecule has 0 amide bonds. The molecule has 11 rings (SSSR count). The molecule has 0 spiro atoms. The van der Waals surface area contributed by atoms with Crippen molar-refractivity contribution < 1.29 is 0 Å². The molecule has 4 aromatic heterocycles. The minimum Gasteiger partial charge on any atom is -0.308 e. The second kappa shape index (κ2) is 13.7. The number of fused-ring (bicyclic) bond motifs is 6. The number of nitrogens with zero attached hydrogens (tertiary/aromatic N) is 7. The van der Waals surface area contributed by atoms with E-state index in [1.165, 1.54) is 20.2 Å². The summed E-state index contributed by atoms with van der Waals surface area (Å²) in [6.45, 7) is 3.81. The molecule has 0 aliphatic rings. The highest BCUT2D eigenvalue weighted by Crippen LogP contribution is 2.41. The van der Waals surface area contributed by atoms with E-state index in [1.807, 2.05) is 85.8 Å². The number of thiophene rings is 1. The lowest BCUT2D eigenvalue weighted by atomic mass is 9.99. The van der Waals surface area contributed by atoms with E-state index in [0.717, 1.165) is 60.9 Å². The van der Waals surface area contributed by atoms with Crippen molar-refractivity contribution in [2.75, 3.05) is 0 Å². The summed E-state index contributed by atoms with van der Waals surface area (Å²) in [5, 5.41) is 4.78. The monoisotopic (exact) mass is 763 g/mol. The number of hydrogen-bond acceptors (Lipinski definition) is 7. The van der Waals surface area contributed by atoms with Gasteiger partial charge in [0, 0.05) is 53.2 Å². The van der Waals surface area contributed by atoms with E-state index in [-0.39, 0.29) is 0 Å². The van der Waals surface area contributed by atoms with Gasteiger partial charge in [-0.2, -0.15) is 0 Å². The van der Waals surface area contributed by atoms with Crippen molar-refractivity contribution in [1.82, 2.24) is 34.5 Å². The van der Waals surface area contributed by atoms with E-state index in [0.29, 0.717) is 34.9 Å². The summed E-state index contributed by atoms with van der Waals surface area (Å²) in [5.74, 6) is 3.82. The van der Waals surface area contributed by atoms with Gasteiger partial charge in [0.1, 0.15) is 11.6 Å². The molecule has 0 saturated heterocycles. The van der Waals surface area contributed by atoms with E-state index in [1.54, 1.807) is 0 Å². The van der Waals surface area contributed by atoms with E-state index in [9.17, 15) is 0 Å². The smallest absolute Gasteiger partial charge is 0.166 e. The highest BCUT2D eigenvalue weighted by molar-refractivity contribution is 7.25. The largest absolute Gasteiger partial charge is 0.308 e. The first-order chi connectivity index (χ1) is 28.5. The lowest BCUT2D eigenvalue weighted by molar-refractivity contribution is 0.928. The van der Waals surface area contributed by atoms with E-state index >= 15 is 0 Å². The molecular weight excluding hydrogens is 731 g/mol. The van der Waals surface area contributed by atoms with Crippen LogP contribution < -0.4 is 0 Å². The number of rotatable bonds is 6. The molecule has 274 valence electrons. The molecule has 0 unspecified atom stereocenters. The Morgan fingerprint density at radius 3 is 1.66 bits per heavy atom. The average Bonchev–Trinajstić information content (AvgIpc) is 3.81. The summed E-state index contributed by atoms with van der Waals surface area (Å²) in [7, 11) is 0. The highest BCUT2D eigenvalue weighted by Gasteiger charge is 2.21. The van der Waals surface area contributed by atoms with Gasteiger partial charge < -0.3 is 4.57 Å². The minimum atomic E-state index is 0.581. The molecule has 8 heteroatoms. The normalized spacial score (nSPS) is 11.6. The van der Waals surface area contributed by atoms with Crippen LogP contribution in [-0.4, -0.2) is 34.5 Å². The van der Waals surface area contributed by atoms with Crippen LogP contribution in [0.3, 0.4) is 0 Å². The number of benzene rings is 7. The quantitative estimate of drug-likeness (QED) is 0.168. The third-order valence-electron chi connectivity index (χ3n) is 10.7. The Morgan fingerprint density at radius 2 is 0.914 bits per heavy atom. The van der Waals surface area contributed by atoms with Gasteiger partial charge >= 0.3 is 0 Å². The molecule has 0 aliphatic heterocycles. The molecule has 0 aliphatic carbocycles. The van der Waals surface area contributed by atoms with Crippen molar-refractivity contribution >= 4 is 53.3 Å². The van der Waals surface area contributed by atoms with Crippen molar-refractivity contribution in [3.05, 3.63) is 175 Å². The van der Waals surface area contributed by atoms with Crippen molar-refractivity contribution in [1.29, 1.82) is 0 Å². The minimum absolute atomic E-state index is 0.581. The maximum atomic E-state index is 5.27. The fourth-order valence-electron chi connectivity index (χ4n) is 8.04. The first-order valence-corrected chi connectivity index (χ1v) is 20.0. The van der Waals surface area contributed by atoms with Crippen LogP contribution in [0.2, 0.25) is 0 Å². The van der Waals surface area contributed by atoms with Crippen LogP contribution in [0.25, 0.3) is 104 Å². The maximum absolute atomic E-state index is 5.27. The predicted octanol–water partition coefficient (Wildman–Crippen LogP) is 12.5. The second-order valence-electron chi connectivity index (χ2n) is 14.4. The topological polar surface area (TPSA) is 82.3 Å². The van der Waals surface area contributed by atoms with Crippen LogP contribution in [-0.2, 0) is 0 Å². The molecule has 0 radical (unpaired) electrons. The summed E-state index contributed by atoms with van der Waals surface area (Å²) in [4.78, 5) is 29.5. The Balaban J connectivity index is 1.21. The van der Waals surface area contributed by atoms with Gasteiger partial charge in [-0.25, -0.2) is 29.9 Å². The summed E-state index contributed by atoms with van der Waals surface area (Å²) < 4.78 is 4.88. The molecule has 0 fully saturated rings. The number of aryl methyl sites for hydroxylation is 2. The molecular formula is C50H33N7S. The zero-order valence-corrected chi connectivity index (χ0v) is 32.4. The van der Waals surface area contributed by atoms with Gasteiger partial charge in [0.25, 0.3) is 0 Å². The van der Waals surface area contributed by atoms with Gasteiger partial charge in [0.2, 0.25) is 0 Å². The molecule has 11 aromatic rings. The fourth-order valence-corrected chi connectivity index (χ4v) is 9.12. The average molecular weight is 764 g/mol.